The first kappa shape index (κ1) is 31.4. The summed E-state index contributed by atoms with van der Waals surface area (Å²) in [6.07, 6.45) is 0.317. The van der Waals surface area contributed by atoms with Gasteiger partial charge in [0.25, 0.3) is 0 Å². The largest absolute Gasteiger partial charge is 0.460 e. The van der Waals surface area contributed by atoms with Crippen LogP contribution in [0.1, 0.15) is 52.2 Å². The van der Waals surface area contributed by atoms with Crippen molar-refractivity contribution in [3.8, 4) is 11.1 Å². The van der Waals surface area contributed by atoms with Gasteiger partial charge in [-0.25, -0.2) is 9.59 Å². The van der Waals surface area contributed by atoms with Gasteiger partial charge in [-0.05, 0) is 48.9 Å². The van der Waals surface area contributed by atoms with Crippen molar-refractivity contribution in [2.45, 2.75) is 65.7 Å². The zero-order valence-corrected chi connectivity index (χ0v) is 24.8. The molecule has 0 heterocycles. The molecule has 0 bridgehead atoms. The van der Waals surface area contributed by atoms with Crippen molar-refractivity contribution < 1.29 is 23.9 Å². The lowest BCUT2D eigenvalue weighted by atomic mass is 10.0. The van der Waals surface area contributed by atoms with Gasteiger partial charge in [0, 0.05) is 19.5 Å². The number of amides is 2. The van der Waals surface area contributed by atoms with Crippen molar-refractivity contribution in [1.29, 1.82) is 0 Å². The molecule has 0 fully saturated rings. The van der Waals surface area contributed by atoms with E-state index in [1.807, 2.05) is 120 Å². The molecule has 0 aliphatic carbocycles. The quantitative estimate of drug-likeness (QED) is 0.260. The maximum absolute atomic E-state index is 13.4. The van der Waals surface area contributed by atoms with Gasteiger partial charge < -0.3 is 19.7 Å². The average Bonchev–Trinajstić information content (AvgIpc) is 2.94. The third-order valence-corrected chi connectivity index (χ3v) is 6.19. The predicted octanol–water partition coefficient (Wildman–Crippen LogP) is 6.41. The topological polar surface area (TPSA) is 84.9 Å². The molecule has 2 amide bonds. The Labute approximate surface area is 243 Å². The van der Waals surface area contributed by atoms with Crippen LogP contribution in [-0.4, -0.2) is 47.6 Å². The van der Waals surface area contributed by atoms with Crippen LogP contribution in [0.4, 0.5) is 4.79 Å². The van der Waals surface area contributed by atoms with Crippen LogP contribution < -0.4 is 5.32 Å². The number of rotatable bonds is 12. The second kappa shape index (κ2) is 15.0. The van der Waals surface area contributed by atoms with E-state index in [0.29, 0.717) is 6.54 Å². The Bertz CT molecular complexity index is 1250. The molecule has 0 aliphatic rings. The summed E-state index contributed by atoms with van der Waals surface area (Å²) >= 11 is 0. The van der Waals surface area contributed by atoms with E-state index in [1.54, 1.807) is 4.90 Å². The second-order valence-corrected chi connectivity index (χ2v) is 11.5. The van der Waals surface area contributed by atoms with Crippen LogP contribution in [0.15, 0.2) is 84.9 Å². The van der Waals surface area contributed by atoms with Crippen LogP contribution in [0, 0.1) is 5.92 Å². The summed E-state index contributed by atoms with van der Waals surface area (Å²) in [6.45, 7) is 10.1. The summed E-state index contributed by atoms with van der Waals surface area (Å²) in [4.78, 5) is 40.6. The molecule has 7 heteroatoms. The molecule has 0 saturated heterocycles. The SMILES string of the molecule is CC(C)CN(CCC(=O)OC(C)(C)C)C(=O)N[C@@H](Cc1ccc(-c2ccccc2)cc1)C(=O)OCc1ccccc1. The van der Waals surface area contributed by atoms with Crippen LogP contribution in [-0.2, 0) is 32.1 Å². The van der Waals surface area contributed by atoms with Gasteiger partial charge in [-0.1, -0.05) is 98.8 Å². The molecule has 0 aliphatic heterocycles. The van der Waals surface area contributed by atoms with Crippen LogP contribution in [0.3, 0.4) is 0 Å². The fraction of sp³-hybridized carbons (Fsp3) is 0.382. The van der Waals surface area contributed by atoms with Crippen LogP contribution in [0.25, 0.3) is 11.1 Å². The van der Waals surface area contributed by atoms with Crippen LogP contribution in [0.5, 0.6) is 0 Å². The molecule has 3 aromatic carbocycles. The van der Waals surface area contributed by atoms with E-state index >= 15 is 0 Å². The van der Waals surface area contributed by atoms with Gasteiger partial charge in [-0.3, -0.25) is 4.79 Å². The van der Waals surface area contributed by atoms with E-state index < -0.39 is 23.6 Å². The molecule has 3 aromatic rings. The monoisotopic (exact) mass is 558 g/mol. The molecule has 1 N–H and O–H groups in total. The zero-order valence-electron chi connectivity index (χ0n) is 24.8. The molecular weight excluding hydrogens is 516 g/mol. The first-order chi connectivity index (χ1) is 19.5. The fourth-order valence-corrected chi connectivity index (χ4v) is 4.30. The normalized spacial score (nSPS) is 12.0. The van der Waals surface area contributed by atoms with Gasteiger partial charge in [0.05, 0.1) is 6.42 Å². The van der Waals surface area contributed by atoms with Gasteiger partial charge in [0.1, 0.15) is 18.2 Å². The standard InChI is InChI=1S/C34H42N2O5/c1-25(2)23-36(21-20-31(37)41-34(3,4)5)33(39)35-30(32(38)40-24-27-12-8-6-9-13-27)22-26-16-18-29(19-17-26)28-14-10-7-11-15-28/h6-19,25,30H,20-24H2,1-5H3,(H,35,39)/t30-/m0/s1. The van der Waals surface area contributed by atoms with E-state index in [1.165, 1.54) is 0 Å². The fourth-order valence-electron chi connectivity index (χ4n) is 4.30. The summed E-state index contributed by atoms with van der Waals surface area (Å²) in [6, 6.07) is 26.0. The Hall–Kier alpha value is -4.13. The number of nitrogens with zero attached hydrogens (tertiary/aromatic N) is 1. The minimum atomic E-state index is -0.912. The third kappa shape index (κ3) is 11.1. The van der Waals surface area contributed by atoms with Crippen molar-refractivity contribution in [1.82, 2.24) is 10.2 Å². The summed E-state index contributed by atoms with van der Waals surface area (Å²) in [7, 11) is 0. The Morgan fingerprint density at radius 3 is 1.98 bits per heavy atom. The Balaban J connectivity index is 1.74. The first-order valence-corrected chi connectivity index (χ1v) is 14.1. The third-order valence-electron chi connectivity index (χ3n) is 6.19. The number of ether oxygens (including phenoxy) is 2. The van der Waals surface area contributed by atoms with Crippen LogP contribution >= 0.6 is 0 Å². The van der Waals surface area contributed by atoms with E-state index in [4.69, 9.17) is 9.47 Å². The highest BCUT2D eigenvalue weighted by molar-refractivity contribution is 5.84. The molecule has 41 heavy (non-hydrogen) atoms. The summed E-state index contributed by atoms with van der Waals surface area (Å²) < 4.78 is 11.0. The Morgan fingerprint density at radius 1 is 0.805 bits per heavy atom. The molecule has 0 aromatic heterocycles. The minimum Gasteiger partial charge on any atom is -0.460 e. The van der Waals surface area contributed by atoms with E-state index in [9.17, 15) is 14.4 Å². The van der Waals surface area contributed by atoms with Crippen molar-refractivity contribution in [3.63, 3.8) is 0 Å². The molecule has 1 atom stereocenters. The number of hydrogen-bond donors (Lipinski definition) is 1. The van der Waals surface area contributed by atoms with Gasteiger partial charge in [0.2, 0.25) is 0 Å². The number of carbonyl (C=O) groups is 3. The molecule has 0 radical (unpaired) electrons. The zero-order chi connectivity index (χ0) is 29.8. The molecule has 7 nitrogen and oxygen atoms in total. The lowest BCUT2D eigenvalue weighted by Crippen LogP contribution is -2.50. The Morgan fingerprint density at radius 2 is 1.39 bits per heavy atom. The predicted molar refractivity (Wildman–Crippen MR) is 161 cm³/mol. The summed E-state index contributed by atoms with van der Waals surface area (Å²) in [5.74, 6) is -0.740. The van der Waals surface area contributed by atoms with Crippen molar-refractivity contribution in [3.05, 3.63) is 96.1 Å². The van der Waals surface area contributed by atoms with Crippen molar-refractivity contribution >= 4 is 18.0 Å². The molecule has 218 valence electrons. The first-order valence-electron chi connectivity index (χ1n) is 14.1. The summed E-state index contributed by atoms with van der Waals surface area (Å²) in [5.41, 5.74) is 3.30. The highest BCUT2D eigenvalue weighted by atomic mass is 16.6. The molecule has 0 unspecified atom stereocenters. The van der Waals surface area contributed by atoms with Gasteiger partial charge in [-0.15, -0.1) is 0 Å². The second-order valence-electron chi connectivity index (χ2n) is 11.5. The highest BCUT2D eigenvalue weighted by Crippen LogP contribution is 2.20. The number of nitrogens with one attached hydrogen (secondary N) is 1. The minimum absolute atomic E-state index is 0.0570. The highest BCUT2D eigenvalue weighted by Gasteiger charge is 2.27. The van der Waals surface area contributed by atoms with Gasteiger partial charge in [0.15, 0.2) is 0 Å². The molecular formula is C34H42N2O5. The van der Waals surface area contributed by atoms with E-state index in [-0.39, 0.29) is 37.9 Å². The van der Waals surface area contributed by atoms with Crippen molar-refractivity contribution in [2.24, 2.45) is 5.92 Å². The number of benzene rings is 3. The molecule has 0 saturated carbocycles. The number of urea groups is 1. The average molecular weight is 559 g/mol. The lowest BCUT2D eigenvalue weighted by molar-refractivity contribution is -0.155. The van der Waals surface area contributed by atoms with E-state index in [0.717, 1.165) is 22.3 Å². The number of esters is 2. The molecule has 3 rings (SSSR count). The van der Waals surface area contributed by atoms with E-state index in [2.05, 4.69) is 5.32 Å². The lowest BCUT2D eigenvalue weighted by Gasteiger charge is -2.28. The number of hydrogen-bond acceptors (Lipinski definition) is 5. The van der Waals surface area contributed by atoms with Gasteiger partial charge in [-0.2, -0.15) is 0 Å². The van der Waals surface area contributed by atoms with Gasteiger partial charge >= 0.3 is 18.0 Å². The number of carbonyl (C=O) groups excluding carboxylic acids is 3. The molecule has 0 spiro atoms. The Kier molecular flexibility index (Phi) is 11.5. The smallest absolute Gasteiger partial charge is 0.329 e. The summed E-state index contributed by atoms with van der Waals surface area (Å²) in [5, 5.41) is 2.89. The maximum atomic E-state index is 13.4. The van der Waals surface area contributed by atoms with Crippen molar-refractivity contribution in [2.75, 3.05) is 13.1 Å². The van der Waals surface area contributed by atoms with Crippen LogP contribution in [0.2, 0.25) is 0 Å². The maximum Gasteiger partial charge on any atom is 0.329 e.